The van der Waals surface area contributed by atoms with E-state index in [0.29, 0.717) is 6.42 Å². The Morgan fingerprint density at radius 3 is 2.62 bits per heavy atom. The Kier molecular flexibility index (Phi) is 5.10. The van der Waals surface area contributed by atoms with Crippen LogP contribution in [0.25, 0.3) is 0 Å². The maximum atomic E-state index is 11.3. The first-order chi connectivity index (χ1) is 7.76. The second-order valence-electron chi connectivity index (χ2n) is 3.34. The molecule has 0 aromatic heterocycles. The van der Waals surface area contributed by atoms with Crippen molar-refractivity contribution in [2.24, 2.45) is 0 Å². The minimum atomic E-state index is -0.144. The summed E-state index contributed by atoms with van der Waals surface area (Å²) in [5, 5.41) is 11.3. The van der Waals surface area contributed by atoms with Crippen LogP contribution in [0.4, 0.5) is 5.69 Å². The first-order valence-corrected chi connectivity index (χ1v) is 5.26. The zero-order valence-electron chi connectivity index (χ0n) is 9.29. The predicted molar refractivity (Wildman–Crippen MR) is 63.9 cm³/mol. The molecule has 0 saturated carbocycles. The molecule has 0 bridgehead atoms. The quantitative estimate of drug-likeness (QED) is 0.758. The molecular weight excluding hydrogens is 202 g/mol. The van der Waals surface area contributed by atoms with E-state index in [1.54, 1.807) is 12.1 Å². The molecule has 1 amide bonds. The van der Waals surface area contributed by atoms with E-state index in [1.165, 1.54) is 0 Å². The molecule has 0 unspecified atom stereocenters. The summed E-state index contributed by atoms with van der Waals surface area (Å²) in [6.45, 7) is 1.82. The van der Waals surface area contributed by atoms with Crippen molar-refractivity contribution in [1.82, 2.24) is 0 Å². The molecule has 0 aliphatic rings. The third-order valence-electron chi connectivity index (χ3n) is 1.96. The molecule has 0 aliphatic carbocycles. The molecule has 1 rings (SSSR count). The van der Waals surface area contributed by atoms with Crippen LogP contribution in [-0.2, 0) is 4.79 Å². The summed E-state index contributed by atoms with van der Waals surface area (Å²) < 4.78 is 0. The third kappa shape index (κ3) is 4.16. The number of anilines is 1. The number of hydrogen-bond acceptors (Lipinski definition) is 2. The smallest absolute Gasteiger partial charge is 0.224 e. The van der Waals surface area contributed by atoms with E-state index in [-0.39, 0.29) is 12.5 Å². The van der Waals surface area contributed by atoms with Gasteiger partial charge in [-0.05, 0) is 30.7 Å². The summed E-state index contributed by atoms with van der Waals surface area (Å²) >= 11 is 0. The first kappa shape index (κ1) is 12.3. The van der Waals surface area contributed by atoms with Gasteiger partial charge in [0.1, 0.15) is 6.61 Å². The molecule has 0 saturated heterocycles. The van der Waals surface area contributed by atoms with Crippen LogP contribution in [-0.4, -0.2) is 17.6 Å². The molecule has 0 aliphatic heterocycles. The van der Waals surface area contributed by atoms with Crippen molar-refractivity contribution in [1.29, 1.82) is 0 Å². The Balaban J connectivity index is 2.61. The van der Waals surface area contributed by atoms with Gasteiger partial charge < -0.3 is 10.4 Å². The van der Waals surface area contributed by atoms with Crippen LogP contribution >= 0.6 is 0 Å². The maximum Gasteiger partial charge on any atom is 0.224 e. The Morgan fingerprint density at radius 2 is 2.06 bits per heavy atom. The Morgan fingerprint density at radius 1 is 1.38 bits per heavy atom. The standard InChI is InChI=1S/C13H15NO2/c1-2-4-13(16)14-12-8-6-11(7-9-12)5-3-10-15/h6-9,15H,2,4,10H2,1H3,(H,14,16). The number of carbonyl (C=O) groups is 1. The lowest BCUT2D eigenvalue weighted by atomic mass is 10.2. The van der Waals surface area contributed by atoms with Crippen LogP contribution in [0.3, 0.4) is 0 Å². The van der Waals surface area contributed by atoms with E-state index < -0.39 is 0 Å². The van der Waals surface area contributed by atoms with E-state index in [0.717, 1.165) is 17.7 Å². The topological polar surface area (TPSA) is 49.3 Å². The second kappa shape index (κ2) is 6.65. The minimum Gasteiger partial charge on any atom is -0.384 e. The van der Waals surface area contributed by atoms with Crippen LogP contribution in [0.2, 0.25) is 0 Å². The molecule has 2 N–H and O–H groups in total. The van der Waals surface area contributed by atoms with Gasteiger partial charge in [-0.2, -0.15) is 0 Å². The summed E-state index contributed by atoms with van der Waals surface area (Å²) in [6.07, 6.45) is 1.37. The van der Waals surface area contributed by atoms with Gasteiger partial charge in [-0.3, -0.25) is 4.79 Å². The van der Waals surface area contributed by atoms with Gasteiger partial charge in [-0.15, -0.1) is 0 Å². The molecule has 0 atom stereocenters. The van der Waals surface area contributed by atoms with Gasteiger partial charge in [0, 0.05) is 17.7 Å². The molecule has 3 heteroatoms. The monoisotopic (exact) mass is 217 g/mol. The lowest BCUT2D eigenvalue weighted by Gasteiger charge is -2.03. The lowest BCUT2D eigenvalue weighted by molar-refractivity contribution is -0.116. The summed E-state index contributed by atoms with van der Waals surface area (Å²) in [4.78, 5) is 11.3. The zero-order valence-corrected chi connectivity index (χ0v) is 9.29. The molecule has 1 aromatic rings. The molecule has 1 aromatic carbocycles. The molecule has 3 nitrogen and oxygen atoms in total. The highest BCUT2D eigenvalue weighted by Gasteiger charge is 1.99. The van der Waals surface area contributed by atoms with E-state index in [4.69, 9.17) is 5.11 Å². The highest BCUT2D eigenvalue weighted by Crippen LogP contribution is 2.09. The second-order valence-corrected chi connectivity index (χ2v) is 3.34. The Hall–Kier alpha value is -1.79. The predicted octanol–water partition coefficient (Wildman–Crippen LogP) is 1.77. The van der Waals surface area contributed by atoms with Crippen LogP contribution < -0.4 is 5.32 Å². The molecule has 0 radical (unpaired) electrons. The fourth-order valence-corrected chi connectivity index (χ4v) is 1.23. The average Bonchev–Trinajstić information content (AvgIpc) is 2.28. The number of carbonyl (C=O) groups excluding carboxylic acids is 1. The van der Waals surface area contributed by atoms with Crippen LogP contribution in [0.5, 0.6) is 0 Å². The van der Waals surface area contributed by atoms with Gasteiger partial charge in [0.05, 0.1) is 0 Å². The van der Waals surface area contributed by atoms with Crippen molar-refractivity contribution in [3.05, 3.63) is 29.8 Å². The van der Waals surface area contributed by atoms with Crippen molar-refractivity contribution in [3.63, 3.8) is 0 Å². The number of rotatable bonds is 3. The largest absolute Gasteiger partial charge is 0.384 e. The van der Waals surface area contributed by atoms with Crippen molar-refractivity contribution in [3.8, 4) is 11.8 Å². The molecule has 0 spiro atoms. The minimum absolute atomic E-state index is 0.0247. The number of amides is 1. The van der Waals surface area contributed by atoms with Crippen LogP contribution in [0, 0.1) is 11.8 Å². The fraction of sp³-hybridized carbons (Fsp3) is 0.308. The van der Waals surface area contributed by atoms with Crippen molar-refractivity contribution in [2.75, 3.05) is 11.9 Å². The first-order valence-electron chi connectivity index (χ1n) is 5.26. The van der Waals surface area contributed by atoms with Gasteiger partial charge in [-0.25, -0.2) is 0 Å². The molecule has 0 heterocycles. The van der Waals surface area contributed by atoms with E-state index >= 15 is 0 Å². The number of aliphatic hydroxyl groups is 1. The molecule has 0 fully saturated rings. The Bertz CT molecular complexity index is 398. The summed E-state index contributed by atoms with van der Waals surface area (Å²) in [5.74, 6) is 5.38. The van der Waals surface area contributed by atoms with Crippen molar-refractivity contribution < 1.29 is 9.90 Å². The third-order valence-corrected chi connectivity index (χ3v) is 1.96. The van der Waals surface area contributed by atoms with E-state index in [9.17, 15) is 4.79 Å². The SMILES string of the molecule is CCCC(=O)Nc1ccc(C#CCO)cc1. The van der Waals surface area contributed by atoms with Gasteiger partial charge in [0.2, 0.25) is 5.91 Å². The number of aliphatic hydroxyl groups excluding tert-OH is 1. The van der Waals surface area contributed by atoms with Crippen LogP contribution in [0.15, 0.2) is 24.3 Å². The average molecular weight is 217 g/mol. The number of benzene rings is 1. The molecular formula is C13H15NO2. The molecule has 16 heavy (non-hydrogen) atoms. The Labute approximate surface area is 95.5 Å². The van der Waals surface area contributed by atoms with Crippen molar-refractivity contribution in [2.45, 2.75) is 19.8 Å². The number of hydrogen-bond donors (Lipinski definition) is 2. The summed E-state index contributed by atoms with van der Waals surface area (Å²) in [7, 11) is 0. The number of nitrogens with one attached hydrogen (secondary N) is 1. The van der Waals surface area contributed by atoms with Gasteiger partial charge in [0.15, 0.2) is 0 Å². The summed E-state index contributed by atoms with van der Waals surface area (Å²) in [6, 6.07) is 7.22. The van der Waals surface area contributed by atoms with Crippen LogP contribution in [0.1, 0.15) is 25.3 Å². The van der Waals surface area contributed by atoms with E-state index in [2.05, 4.69) is 17.2 Å². The highest BCUT2D eigenvalue weighted by molar-refractivity contribution is 5.90. The lowest BCUT2D eigenvalue weighted by Crippen LogP contribution is -2.10. The molecule has 84 valence electrons. The highest BCUT2D eigenvalue weighted by atomic mass is 16.2. The van der Waals surface area contributed by atoms with Gasteiger partial charge >= 0.3 is 0 Å². The fourth-order valence-electron chi connectivity index (χ4n) is 1.23. The zero-order chi connectivity index (χ0) is 11.8. The van der Waals surface area contributed by atoms with Crippen molar-refractivity contribution >= 4 is 11.6 Å². The summed E-state index contributed by atoms with van der Waals surface area (Å²) in [5.41, 5.74) is 1.59. The normalized spacial score (nSPS) is 9.12. The van der Waals surface area contributed by atoms with Gasteiger partial charge in [0.25, 0.3) is 0 Å². The maximum absolute atomic E-state index is 11.3. The van der Waals surface area contributed by atoms with Gasteiger partial charge in [-0.1, -0.05) is 18.8 Å². The van der Waals surface area contributed by atoms with E-state index in [1.807, 2.05) is 19.1 Å².